The van der Waals surface area contributed by atoms with Crippen molar-refractivity contribution in [2.45, 2.75) is 19.8 Å². The van der Waals surface area contributed by atoms with Gasteiger partial charge in [-0.1, -0.05) is 26.0 Å². The maximum Gasteiger partial charge on any atom is 0.164 e. The van der Waals surface area contributed by atoms with Gasteiger partial charge in [-0.3, -0.25) is 0 Å². The first kappa shape index (κ1) is 14.1. The van der Waals surface area contributed by atoms with E-state index in [1.807, 2.05) is 35.9 Å². The van der Waals surface area contributed by atoms with Gasteiger partial charge in [0.05, 0.1) is 28.7 Å². The number of nitriles is 1. The summed E-state index contributed by atoms with van der Waals surface area (Å²) in [5, 5.41) is 9.22. The third kappa shape index (κ3) is 2.09. The highest BCUT2D eigenvalue weighted by molar-refractivity contribution is 5.92. The van der Waals surface area contributed by atoms with Crippen molar-refractivity contribution in [3.05, 3.63) is 41.9 Å². The molecule has 3 aromatic rings. The van der Waals surface area contributed by atoms with Crippen molar-refractivity contribution in [3.63, 3.8) is 0 Å². The monoisotopic (exact) mass is 291 g/mol. The maximum atomic E-state index is 9.22. The van der Waals surface area contributed by atoms with Gasteiger partial charge in [0.2, 0.25) is 0 Å². The molecular weight excluding hydrogens is 274 g/mol. The first-order chi connectivity index (χ1) is 10.5. The minimum atomic E-state index is 0.247. The van der Waals surface area contributed by atoms with Crippen molar-refractivity contribution in [3.8, 4) is 17.3 Å². The number of benzene rings is 1. The Hall–Kier alpha value is -2.87. The second-order valence-electron chi connectivity index (χ2n) is 5.66. The molecule has 2 N–H and O–H groups in total. The lowest BCUT2D eigenvalue weighted by Crippen LogP contribution is -2.03. The number of nitrogen functional groups attached to an aromatic ring is 1. The lowest BCUT2D eigenvalue weighted by Gasteiger charge is -2.14. The zero-order valence-corrected chi connectivity index (χ0v) is 12.8. The number of para-hydroxylation sites is 1. The van der Waals surface area contributed by atoms with E-state index in [0.717, 1.165) is 27.9 Å². The summed E-state index contributed by atoms with van der Waals surface area (Å²) in [7, 11) is 1.96. The van der Waals surface area contributed by atoms with Crippen LogP contribution in [0.5, 0.6) is 0 Å². The van der Waals surface area contributed by atoms with Gasteiger partial charge in [-0.2, -0.15) is 5.26 Å². The molecule has 0 fully saturated rings. The Morgan fingerprint density at radius 1 is 1.32 bits per heavy atom. The standard InChI is InChI=1S/C17H17N5/c1-10(2)12-7-13(19)14(8-18)21-16(12)11-5-4-6-15-17(11)20-9-22(15)3/h4-7,9-10H,19H2,1-3H3. The molecule has 0 saturated heterocycles. The highest BCUT2D eigenvalue weighted by Crippen LogP contribution is 2.33. The Morgan fingerprint density at radius 2 is 2.09 bits per heavy atom. The fourth-order valence-electron chi connectivity index (χ4n) is 2.64. The van der Waals surface area contributed by atoms with Gasteiger partial charge >= 0.3 is 0 Å². The minimum absolute atomic E-state index is 0.247. The summed E-state index contributed by atoms with van der Waals surface area (Å²) in [6, 6.07) is 9.90. The molecule has 0 aliphatic heterocycles. The molecule has 0 radical (unpaired) electrons. The quantitative estimate of drug-likeness (QED) is 0.786. The summed E-state index contributed by atoms with van der Waals surface area (Å²) in [6.45, 7) is 4.18. The normalized spacial score (nSPS) is 11.0. The van der Waals surface area contributed by atoms with Crippen molar-refractivity contribution in [1.82, 2.24) is 14.5 Å². The predicted molar refractivity (Wildman–Crippen MR) is 87.2 cm³/mol. The number of hydrogen-bond donors (Lipinski definition) is 1. The van der Waals surface area contributed by atoms with Gasteiger partial charge in [0.1, 0.15) is 6.07 Å². The number of pyridine rings is 1. The van der Waals surface area contributed by atoms with Gasteiger partial charge in [-0.25, -0.2) is 9.97 Å². The first-order valence-corrected chi connectivity index (χ1v) is 7.14. The molecule has 0 saturated carbocycles. The number of hydrogen-bond acceptors (Lipinski definition) is 4. The van der Waals surface area contributed by atoms with Crippen LogP contribution in [0.3, 0.4) is 0 Å². The number of rotatable bonds is 2. The third-order valence-corrected chi connectivity index (χ3v) is 3.82. The second-order valence-corrected chi connectivity index (χ2v) is 5.66. The average Bonchev–Trinajstić information content (AvgIpc) is 2.88. The zero-order valence-electron chi connectivity index (χ0n) is 12.8. The number of aryl methyl sites for hydroxylation is 1. The van der Waals surface area contributed by atoms with Crippen LogP contribution in [0.25, 0.3) is 22.3 Å². The Morgan fingerprint density at radius 3 is 2.77 bits per heavy atom. The molecule has 0 aliphatic carbocycles. The number of aromatic nitrogens is 3. The molecule has 2 heterocycles. The van der Waals surface area contributed by atoms with Gasteiger partial charge in [-0.15, -0.1) is 0 Å². The smallest absolute Gasteiger partial charge is 0.164 e. The van der Waals surface area contributed by atoms with Crippen molar-refractivity contribution in [2.24, 2.45) is 7.05 Å². The molecule has 5 heteroatoms. The van der Waals surface area contributed by atoms with Crippen LogP contribution in [0.1, 0.15) is 31.0 Å². The molecule has 2 aromatic heterocycles. The molecule has 0 bridgehead atoms. The molecule has 0 amide bonds. The molecular formula is C17H17N5. The molecule has 110 valence electrons. The summed E-state index contributed by atoms with van der Waals surface area (Å²) >= 11 is 0. The molecule has 1 aromatic carbocycles. The van der Waals surface area contributed by atoms with E-state index < -0.39 is 0 Å². The molecule has 0 unspecified atom stereocenters. The highest BCUT2D eigenvalue weighted by atomic mass is 15.0. The molecule has 22 heavy (non-hydrogen) atoms. The van der Waals surface area contributed by atoms with E-state index in [1.165, 1.54) is 0 Å². The minimum Gasteiger partial charge on any atom is -0.396 e. The topological polar surface area (TPSA) is 80.5 Å². The summed E-state index contributed by atoms with van der Waals surface area (Å²) in [6.07, 6.45) is 1.78. The average molecular weight is 291 g/mol. The fourth-order valence-corrected chi connectivity index (χ4v) is 2.64. The van der Waals surface area contributed by atoms with Crippen LogP contribution in [-0.4, -0.2) is 14.5 Å². The Kier molecular flexibility index (Phi) is 3.30. The largest absolute Gasteiger partial charge is 0.396 e. The van der Waals surface area contributed by atoms with Gasteiger partial charge in [0.25, 0.3) is 0 Å². The van der Waals surface area contributed by atoms with E-state index in [0.29, 0.717) is 5.69 Å². The van der Waals surface area contributed by atoms with E-state index in [1.54, 1.807) is 6.33 Å². The van der Waals surface area contributed by atoms with E-state index in [9.17, 15) is 5.26 Å². The summed E-state index contributed by atoms with van der Waals surface area (Å²) < 4.78 is 1.97. The van der Waals surface area contributed by atoms with Gasteiger partial charge in [-0.05, 0) is 23.6 Å². The Balaban J connectivity index is 2.37. The number of fused-ring (bicyclic) bond motifs is 1. The van der Waals surface area contributed by atoms with E-state index in [2.05, 4.69) is 29.9 Å². The lowest BCUT2D eigenvalue weighted by molar-refractivity contribution is 0.861. The van der Waals surface area contributed by atoms with Crippen LogP contribution in [0, 0.1) is 11.3 Å². The second kappa shape index (κ2) is 5.15. The lowest BCUT2D eigenvalue weighted by atomic mass is 9.95. The molecule has 5 nitrogen and oxygen atoms in total. The van der Waals surface area contributed by atoms with Crippen molar-refractivity contribution >= 4 is 16.7 Å². The van der Waals surface area contributed by atoms with Crippen molar-refractivity contribution < 1.29 is 0 Å². The third-order valence-electron chi connectivity index (χ3n) is 3.82. The van der Waals surface area contributed by atoms with Gasteiger partial charge in [0.15, 0.2) is 5.69 Å². The SMILES string of the molecule is CC(C)c1cc(N)c(C#N)nc1-c1cccc2c1ncn2C. The van der Waals surface area contributed by atoms with E-state index in [4.69, 9.17) is 5.73 Å². The Bertz CT molecular complexity index is 899. The molecule has 0 spiro atoms. The molecule has 0 aliphatic rings. The van der Waals surface area contributed by atoms with Crippen LogP contribution in [0.2, 0.25) is 0 Å². The van der Waals surface area contributed by atoms with Gasteiger partial charge in [0, 0.05) is 12.6 Å². The van der Waals surface area contributed by atoms with Crippen LogP contribution >= 0.6 is 0 Å². The number of nitrogens with zero attached hydrogens (tertiary/aromatic N) is 4. The van der Waals surface area contributed by atoms with Crippen molar-refractivity contribution in [2.75, 3.05) is 5.73 Å². The Labute approximate surface area is 129 Å². The first-order valence-electron chi connectivity index (χ1n) is 7.14. The van der Waals surface area contributed by atoms with Gasteiger partial charge < -0.3 is 10.3 Å². The highest BCUT2D eigenvalue weighted by Gasteiger charge is 2.17. The van der Waals surface area contributed by atoms with Crippen LogP contribution in [-0.2, 0) is 7.05 Å². The van der Waals surface area contributed by atoms with Crippen molar-refractivity contribution in [1.29, 1.82) is 5.26 Å². The summed E-state index contributed by atoms with van der Waals surface area (Å²) in [5.41, 5.74) is 11.3. The molecule has 0 atom stereocenters. The molecule has 3 rings (SSSR count). The summed E-state index contributed by atoms with van der Waals surface area (Å²) in [4.78, 5) is 8.99. The number of anilines is 1. The number of imidazole rings is 1. The van der Waals surface area contributed by atoms with Crippen LogP contribution < -0.4 is 5.73 Å². The van der Waals surface area contributed by atoms with Crippen LogP contribution in [0.15, 0.2) is 30.6 Å². The van der Waals surface area contributed by atoms with Crippen LogP contribution in [0.4, 0.5) is 5.69 Å². The maximum absolute atomic E-state index is 9.22. The summed E-state index contributed by atoms with van der Waals surface area (Å²) in [5.74, 6) is 0.247. The fraction of sp³-hybridized carbons (Fsp3) is 0.235. The van der Waals surface area contributed by atoms with E-state index in [-0.39, 0.29) is 11.6 Å². The number of nitrogens with two attached hydrogens (primary N) is 1. The van der Waals surface area contributed by atoms with E-state index >= 15 is 0 Å². The predicted octanol–water partition coefficient (Wildman–Crippen LogP) is 3.21. The zero-order chi connectivity index (χ0) is 15.9.